The summed E-state index contributed by atoms with van der Waals surface area (Å²) in [7, 11) is 1.73. The number of hydrogen-bond acceptors (Lipinski definition) is 3. The SMILES string of the molecule is CN=C(NCC(=O)NC(C)(C)C)NCC(C)N1CCCCC1C. The van der Waals surface area contributed by atoms with Gasteiger partial charge in [0.1, 0.15) is 0 Å². The number of rotatable bonds is 5. The van der Waals surface area contributed by atoms with Crippen LogP contribution in [0.25, 0.3) is 0 Å². The molecule has 0 saturated carbocycles. The molecule has 1 aliphatic heterocycles. The maximum atomic E-state index is 11.8. The van der Waals surface area contributed by atoms with Crippen LogP contribution in [0.4, 0.5) is 0 Å². The number of nitrogens with one attached hydrogen (secondary N) is 3. The first-order valence-electron chi connectivity index (χ1n) is 8.74. The van der Waals surface area contributed by atoms with Gasteiger partial charge in [0.2, 0.25) is 5.91 Å². The van der Waals surface area contributed by atoms with Gasteiger partial charge in [0.05, 0.1) is 6.54 Å². The van der Waals surface area contributed by atoms with Crippen molar-refractivity contribution in [2.24, 2.45) is 4.99 Å². The lowest BCUT2D eigenvalue weighted by Crippen LogP contribution is -2.52. The van der Waals surface area contributed by atoms with E-state index >= 15 is 0 Å². The predicted octanol–water partition coefficient (Wildman–Crippen LogP) is 1.33. The largest absolute Gasteiger partial charge is 0.355 e. The molecule has 1 fully saturated rings. The lowest BCUT2D eigenvalue weighted by molar-refractivity contribution is -0.121. The van der Waals surface area contributed by atoms with Gasteiger partial charge in [-0.3, -0.25) is 14.7 Å². The summed E-state index contributed by atoms with van der Waals surface area (Å²) in [6.45, 7) is 12.7. The van der Waals surface area contributed by atoms with Crippen molar-refractivity contribution in [3.63, 3.8) is 0 Å². The van der Waals surface area contributed by atoms with E-state index in [1.807, 2.05) is 20.8 Å². The van der Waals surface area contributed by atoms with Crippen LogP contribution in [0.2, 0.25) is 0 Å². The molecule has 2 unspecified atom stereocenters. The molecular weight excluding hydrogens is 290 g/mol. The van der Waals surface area contributed by atoms with Crippen LogP contribution in [0.1, 0.15) is 53.9 Å². The van der Waals surface area contributed by atoms with Gasteiger partial charge in [-0.25, -0.2) is 0 Å². The number of hydrogen-bond donors (Lipinski definition) is 3. The third-order valence-corrected chi connectivity index (χ3v) is 4.14. The summed E-state index contributed by atoms with van der Waals surface area (Å²) in [6.07, 6.45) is 3.91. The van der Waals surface area contributed by atoms with Crippen LogP contribution in [0.5, 0.6) is 0 Å². The molecule has 1 rings (SSSR count). The van der Waals surface area contributed by atoms with E-state index in [-0.39, 0.29) is 18.0 Å². The second-order valence-corrected chi connectivity index (χ2v) is 7.54. The Bertz CT molecular complexity index is 402. The number of aliphatic imine (C=N–C) groups is 1. The number of carbonyl (C=O) groups is 1. The molecule has 1 heterocycles. The molecule has 6 heteroatoms. The highest BCUT2D eigenvalue weighted by Gasteiger charge is 2.23. The van der Waals surface area contributed by atoms with E-state index in [0.717, 1.165) is 6.54 Å². The van der Waals surface area contributed by atoms with Crippen molar-refractivity contribution in [3.05, 3.63) is 0 Å². The first-order valence-corrected chi connectivity index (χ1v) is 8.74. The van der Waals surface area contributed by atoms with Crippen molar-refractivity contribution in [1.82, 2.24) is 20.9 Å². The number of likely N-dealkylation sites (tertiary alicyclic amines) is 1. The molecule has 0 bridgehead atoms. The van der Waals surface area contributed by atoms with Crippen LogP contribution < -0.4 is 16.0 Å². The van der Waals surface area contributed by atoms with E-state index in [1.165, 1.54) is 25.8 Å². The summed E-state index contributed by atoms with van der Waals surface area (Å²) < 4.78 is 0. The molecule has 1 aliphatic rings. The fourth-order valence-electron chi connectivity index (χ4n) is 2.98. The van der Waals surface area contributed by atoms with Crippen molar-refractivity contribution >= 4 is 11.9 Å². The molecule has 0 aromatic rings. The number of piperidine rings is 1. The van der Waals surface area contributed by atoms with Gasteiger partial charge >= 0.3 is 0 Å². The molecule has 1 amide bonds. The van der Waals surface area contributed by atoms with Crippen LogP contribution in [0.3, 0.4) is 0 Å². The Kier molecular flexibility index (Phi) is 7.82. The quantitative estimate of drug-likeness (QED) is 0.527. The zero-order valence-electron chi connectivity index (χ0n) is 15.7. The minimum Gasteiger partial charge on any atom is -0.355 e. The minimum absolute atomic E-state index is 0.0295. The second-order valence-electron chi connectivity index (χ2n) is 7.54. The molecule has 23 heavy (non-hydrogen) atoms. The molecule has 1 saturated heterocycles. The second kappa shape index (κ2) is 9.11. The molecule has 134 valence electrons. The van der Waals surface area contributed by atoms with Crippen molar-refractivity contribution in [2.75, 3.05) is 26.7 Å². The highest BCUT2D eigenvalue weighted by molar-refractivity contribution is 5.86. The van der Waals surface area contributed by atoms with Crippen molar-refractivity contribution in [2.45, 2.75) is 71.5 Å². The average molecular weight is 326 g/mol. The minimum atomic E-state index is -0.214. The first-order chi connectivity index (χ1) is 10.7. The highest BCUT2D eigenvalue weighted by Crippen LogP contribution is 2.18. The Morgan fingerprint density at radius 1 is 1.30 bits per heavy atom. The molecule has 3 N–H and O–H groups in total. The lowest BCUT2D eigenvalue weighted by Gasteiger charge is -2.38. The standard InChI is InChI=1S/C17H35N5O/c1-13-9-7-8-10-22(13)14(2)11-19-16(18-6)20-12-15(23)21-17(3,4)5/h13-14H,7-12H2,1-6H3,(H,21,23)(H2,18,19,20). The van der Waals surface area contributed by atoms with Crippen LogP contribution >= 0.6 is 0 Å². The maximum Gasteiger partial charge on any atom is 0.239 e. The van der Waals surface area contributed by atoms with Gasteiger partial charge in [0.25, 0.3) is 0 Å². The summed E-state index contributed by atoms with van der Waals surface area (Å²) >= 11 is 0. The third kappa shape index (κ3) is 7.68. The number of guanidine groups is 1. The van der Waals surface area contributed by atoms with E-state index < -0.39 is 0 Å². The van der Waals surface area contributed by atoms with Crippen LogP contribution in [-0.4, -0.2) is 61.1 Å². The summed E-state index contributed by atoms with van der Waals surface area (Å²) in [5.41, 5.74) is -0.214. The smallest absolute Gasteiger partial charge is 0.239 e. The number of amides is 1. The number of carbonyl (C=O) groups excluding carboxylic acids is 1. The summed E-state index contributed by atoms with van der Waals surface area (Å²) in [4.78, 5) is 18.6. The Morgan fingerprint density at radius 2 is 2.00 bits per heavy atom. The third-order valence-electron chi connectivity index (χ3n) is 4.14. The Labute approximate surface area is 141 Å². The molecule has 0 aliphatic carbocycles. The Hall–Kier alpha value is -1.30. The maximum absolute atomic E-state index is 11.8. The summed E-state index contributed by atoms with van der Waals surface area (Å²) in [5, 5.41) is 9.32. The van der Waals surface area contributed by atoms with Crippen molar-refractivity contribution in [3.8, 4) is 0 Å². The summed E-state index contributed by atoms with van der Waals surface area (Å²) in [5.74, 6) is 0.642. The average Bonchev–Trinajstić information content (AvgIpc) is 2.45. The Balaban J connectivity index is 2.35. The molecule has 0 aromatic heterocycles. The van der Waals surface area contributed by atoms with Gasteiger partial charge in [-0.2, -0.15) is 0 Å². The normalized spacial score (nSPS) is 21.7. The van der Waals surface area contributed by atoms with Gasteiger partial charge in [0, 0.05) is 31.2 Å². The molecule has 0 aromatic carbocycles. The van der Waals surface area contributed by atoms with Crippen molar-refractivity contribution < 1.29 is 4.79 Å². The van der Waals surface area contributed by atoms with Gasteiger partial charge in [-0.15, -0.1) is 0 Å². The number of nitrogens with zero attached hydrogens (tertiary/aromatic N) is 2. The molecule has 6 nitrogen and oxygen atoms in total. The van der Waals surface area contributed by atoms with E-state index in [0.29, 0.717) is 18.0 Å². The topological polar surface area (TPSA) is 68.8 Å². The molecule has 0 spiro atoms. The highest BCUT2D eigenvalue weighted by atomic mass is 16.2. The van der Waals surface area contributed by atoms with Gasteiger partial charge in [-0.1, -0.05) is 6.42 Å². The van der Waals surface area contributed by atoms with Crippen LogP contribution in [0.15, 0.2) is 4.99 Å². The van der Waals surface area contributed by atoms with Gasteiger partial charge in [-0.05, 0) is 54.0 Å². The molecule has 2 atom stereocenters. The van der Waals surface area contributed by atoms with E-state index in [9.17, 15) is 4.79 Å². The first kappa shape index (κ1) is 19.7. The van der Waals surface area contributed by atoms with E-state index in [4.69, 9.17) is 0 Å². The lowest BCUT2D eigenvalue weighted by atomic mass is 10.0. The van der Waals surface area contributed by atoms with Crippen LogP contribution in [-0.2, 0) is 4.79 Å². The Morgan fingerprint density at radius 3 is 2.57 bits per heavy atom. The van der Waals surface area contributed by atoms with E-state index in [1.54, 1.807) is 7.05 Å². The zero-order chi connectivity index (χ0) is 17.5. The monoisotopic (exact) mass is 325 g/mol. The predicted molar refractivity (Wildman–Crippen MR) is 96.7 cm³/mol. The van der Waals surface area contributed by atoms with E-state index in [2.05, 4.69) is 39.7 Å². The molecular formula is C17H35N5O. The molecule has 0 radical (unpaired) electrons. The fraction of sp³-hybridized carbons (Fsp3) is 0.882. The van der Waals surface area contributed by atoms with Gasteiger partial charge < -0.3 is 16.0 Å². The van der Waals surface area contributed by atoms with Gasteiger partial charge in [0.15, 0.2) is 5.96 Å². The summed E-state index contributed by atoms with van der Waals surface area (Å²) in [6, 6.07) is 1.10. The zero-order valence-corrected chi connectivity index (χ0v) is 15.7. The van der Waals surface area contributed by atoms with Crippen LogP contribution in [0, 0.1) is 0 Å². The fourth-order valence-corrected chi connectivity index (χ4v) is 2.98. The van der Waals surface area contributed by atoms with Crippen molar-refractivity contribution in [1.29, 1.82) is 0 Å².